The maximum absolute atomic E-state index is 11.6. The Kier molecular flexibility index (Phi) is 5.18. The van der Waals surface area contributed by atoms with Crippen molar-refractivity contribution in [3.63, 3.8) is 0 Å². The van der Waals surface area contributed by atoms with E-state index < -0.39 is 11.7 Å². The summed E-state index contributed by atoms with van der Waals surface area (Å²) in [5.41, 5.74) is 0.858. The van der Waals surface area contributed by atoms with E-state index in [1.165, 1.54) is 0 Å². The van der Waals surface area contributed by atoms with Gasteiger partial charge in [-0.3, -0.25) is 5.32 Å². The van der Waals surface area contributed by atoms with Crippen LogP contribution in [0.5, 0.6) is 5.75 Å². The van der Waals surface area contributed by atoms with Gasteiger partial charge in [0.15, 0.2) is 0 Å². The molecule has 0 radical (unpaired) electrons. The number of amides is 1. The number of phenolic OH excluding ortho intramolecular Hbond substituents is 1. The Bertz CT molecular complexity index is 439. The van der Waals surface area contributed by atoms with Crippen molar-refractivity contribution < 1.29 is 14.6 Å². The summed E-state index contributed by atoms with van der Waals surface area (Å²) in [5, 5.41) is 15.4. The average Bonchev–Trinajstić information content (AvgIpc) is 2.27. The first kappa shape index (κ1) is 15.3. The van der Waals surface area contributed by atoms with Gasteiger partial charge < -0.3 is 15.2 Å². The van der Waals surface area contributed by atoms with Gasteiger partial charge in [-0.25, -0.2) is 4.79 Å². The summed E-state index contributed by atoms with van der Waals surface area (Å²) in [4.78, 5) is 11.6. The molecular weight excluding hydrogens is 244 g/mol. The first-order valence-corrected chi connectivity index (χ1v) is 6.28. The standard InChI is InChI=1S/C14H22N2O3/c1-14(2,3)19-13(18)16-11-5-6-12(17)10(9-11)7-8-15-4/h5-6,9,15,17H,7-8H2,1-4H3,(H,16,18). The summed E-state index contributed by atoms with van der Waals surface area (Å²) in [6.07, 6.45) is 0.185. The first-order valence-electron chi connectivity index (χ1n) is 6.28. The second-order valence-corrected chi connectivity index (χ2v) is 5.32. The molecule has 0 unspecified atom stereocenters. The fourth-order valence-corrected chi connectivity index (χ4v) is 1.54. The minimum atomic E-state index is -0.532. The van der Waals surface area contributed by atoms with E-state index in [-0.39, 0.29) is 5.75 Å². The van der Waals surface area contributed by atoms with Crippen molar-refractivity contribution in [1.82, 2.24) is 5.32 Å². The molecule has 0 aliphatic carbocycles. The summed E-state index contributed by atoms with van der Waals surface area (Å²) in [5.74, 6) is 0.227. The average molecular weight is 266 g/mol. The minimum Gasteiger partial charge on any atom is -0.508 e. The molecule has 0 saturated heterocycles. The van der Waals surface area contributed by atoms with Crippen LogP contribution in [-0.4, -0.2) is 30.4 Å². The van der Waals surface area contributed by atoms with Crippen LogP contribution in [0.4, 0.5) is 10.5 Å². The Morgan fingerprint density at radius 2 is 2.05 bits per heavy atom. The van der Waals surface area contributed by atoms with Gasteiger partial charge in [0.1, 0.15) is 11.4 Å². The van der Waals surface area contributed by atoms with Crippen LogP contribution in [0, 0.1) is 0 Å². The molecule has 3 N–H and O–H groups in total. The van der Waals surface area contributed by atoms with Crippen molar-refractivity contribution in [3.05, 3.63) is 23.8 Å². The number of aromatic hydroxyl groups is 1. The third-order valence-electron chi connectivity index (χ3n) is 2.37. The summed E-state index contributed by atoms with van der Waals surface area (Å²) in [6.45, 7) is 6.18. The fourth-order valence-electron chi connectivity index (χ4n) is 1.54. The Balaban J connectivity index is 2.71. The Morgan fingerprint density at radius 3 is 2.63 bits per heavy atom. The Labute approximate surface area is 114 Å². The molecule has 1 amide bonds. The number of hydrogen-bond acceptors (Lipinski definition) is 4. The lowest BCUT2D eigenvalue weighted by molar-refractivity contribution is 0.0636. The highest BCUT2D eigenvalue weighted by Gasteiger charge is 2.16. The van der Waals surface area contributed by atoms with Gasteiger partial charge in [-0.15, -0.1) is 0 Å². The van der Waals surface area contributed by atoms with E-state index in [1.54, 1.807) is 18.2 Å². The van der Waals surface area contributed by atoms with Crippen LogP contribution in [0.2, 0.25) is 0 Å². The molecule has 5 nitrogen and oxygen atoms in total. The molecule has 0 aliphatic rings. The van der Waals surface area contributed by atoms with Crippen molar-refractivity contribution >= 4 is 11.8 Å². The van der Waals surface area contributed by atoms with Gasteiger partial charge in [0.2, 0.25) is 0 Å². The third kappa shape index (κ3) is 5.61. The largest absolute Gasteiger partial charge is 0.508 e. The molecule has 1 aromatic carbocycles. The number of likely N-dealkylation sites (N-methyl/N-ethyl adjacent to an activating group) is 1. The van der Waals surface area contributed by atoms with Crippen LogP contribution in [0.25, 0.3) is 0 Å². The smallest absolute Gasteiger partial charge is 0.412 e. The molecule has 0 saturated carbocycles. The van der Waals surface area contributed by atoms with Crippen molar-refractivity contribution in [2.24, 2.45) is 0 Å². The number of rotatable bonds is 4. The molecule has 106 valence electrons. The van der Waals surface area contributed by atoms with Crippen LogP contribution in [0.15, 0.2) is 18.2 Å². The molecule has 0 aromatic heterocycles. The molecule has 0 bridgehead atoms. The van der Waals surface area contributed by atoms with Gasteiger partial charge in [0.25, 0.3) is 0 Å². The second kappa shape index (κ2) is 6.43. The fraction of sp³-hybridized carbons (Fsp3) is 0.500. The lowest BCUT2D eigenvalue weighted by atomic mass is 10.1. The highest BCUT2D eigenvalue weighted by Crippen LogP contribution is 2.22. The highest BCUT2D eigenvalue weighted by atomic mass is 16.6. The lowest BCUT2D eigenvalue weighted by Gasteiger charge is -2.20. The van der Waals surface area contributed by atoms with Gasteiger partial charge in [-0.2, -0.15) is 0 Å². The Morgan fingerprint density at radius 1 is 1.37 bits per heavy atom. The molecule has 19 heavy (non-hydrogen) atoms. The summed E-state index contributed by atoms with van der Waals surface area (Å²) >= 11 is 0. The zero-order valence-electron chi connectivity index (χ0n) is 11.9. The predicted molar refractivity (Wildman–Crippen MR) is 75.6 cm³/mol. The van der Waals surface area contributed by atoms with E-state index in [9.17, 15) is 9.90 Å². The molecule has 5 heteroatoms. The zero-order valence-corrected chi connectivity index (χ0v) is 11.9. The molecule has 1 aromatic rings. The molecular formula is C14H22N2O3. The van der Waals surface area contributed by atoms with Crippen LogP contribution in [0.1, 0.15) is 26.3 Å². The van der Waals surface area contributed by atoms with Crippen LogP contribution >= 0.6 is 0 Å². The Hall–Kier alpha value is -1.75. The van der Waals surface area contributed by atoms with E-state index in [1.807, 2.05) is 27.8 Å². The maximum atomic E-state index is 11.6. The topological polar surface area (TPSA) is 70.6 Å². The normalized spacial score (nSPS) is 11.2. The molecule has 0 spiro atoms. The van der Waals surface area contributed by atoms with Crippen molar-refractivity contribution in [2.75, 3.05) is 18.9 Å². The first-order chi connectivity index (χ1) is 8.81. The van der Waals surface area contributed by atoms with Crippen LogP contribution < -0.4 is 10.6 Å². The second-order valence-electron chi connectivity index (χ2n) is 5.32. The van der Waals surface area contributed by atoms with Crippen molar-refractivity contribution in [3.8, 4) is 5.75 Å². The van der Waals surface area contributed by atoms with E-state index in [4.69, 9.17) is 4.74 Å². The highest BCUT2D eigenvalue weighted by molar-refractivity contribution is 5.85. The minimum absolute atomic E-state index is 0.227. The van der Waals surface area contributed by atoms with E-state index in [2.05, 4.69) is 10.6 Å². The quantitative estimate of drug-likeness (QED) is 0.732. The number of hydrogen-bond donors (Lipinski definition) is 3. The van der Waals surface area contributed by atoms with E-state index >= 15 is 0 Å². The lowest BCUT2D eigenvalue weighted by Crippen LogP contribution is -2.27. The number of ether oxygens (including phenoxy) is 1. The molecule has 1 rings (SSSR count). The van der Waals surface area contributed by atoms with E-state index in [0.717, 1.165) is 12.1 Å². The number of phenols is 1. The van der Waals surface area contributed by atoms with Crippen molar-refractivity contribution in [2.45, 2.75) is 32.8 Å². The third-order valence-corrected chi connectivity index (χ3v) is 2.37. The number of anilines is 1. The summed E-state index contributed by atoms with van der Waals surface area (Å²) < 4.78 is 5.17. The summed E-state index contributed by atoms with van der Waals surface area (Å²) in [7, 11) is 1.85. The van der Waals surface area contributed by atoms with Gasteiger partial charge in [0.05, 0.1) is 0 Å². The predicted octanol–water partition coefficient (Wildman–Crippen LogP) is 2.50. The number of carbonyl (C=O) groups excluding carboxylic acids is 1. The zero-order chi connectivity index (χ0) is 14.5. The van der Waals surface area contributed by atoms with Crippen LogP contribution in [-0.2, 0) is 11.2 Å². The van der Waals surface area contributed by atoms with Crippen molar-refractivity contribution in [1.29, 1.82) is 0 Å². The van der Waals surface area contributed by atoms with E-state index in [0.29, 0.717) is 12.1 Å². The molecule has 0 heterocycles. The van der Waals surface area contributed by atoms with Gasteiger partial charge in [-0.1, -0.05) is 0 Å². The molecule has 0 atom stereocenters. The summed E-state index contributed by atoms with van der Waals surface area (Å²) in [6, 6.07) is 4.95. The van der Waals surface area contributed by atoms with Gasteiger partial charge >= 0.3 is 6.09 Å². The van der Waals surface area contributed by atoms with Gasteiger partial charge in [0, 0.05) is 5.69 Å². The SMILES string of the molecule is CNCCc1cc(NC(=O)OC(C)(C)C)ccc1O. The van der Waals surface area contributed by atoms with Gasteiger partial charge in [-0.05, 0) is 64.5 Å². The molecule has 0 aliphatic heterocycles. The number of nitrogens with one attached hydrogen (secondary N) is 2. The molecule has 0 fully saturated rings. The number of benzene rings is 1. The van der Waals surface area contributed by atoms with Crippen LogP contribution in [0.3, 0.4) is 0 Å². The maximum Gasteiger partial charge on any atom is 0.412 e. The monoisotopic (exact) mass is 266 g/mol. The number of carbonyl (C=O) groups is 1.